The number of carbonyl (C=O) groups is 2. The Morgan fingerprint density at radius 2 is 1.57 bits per heavy atom. The van der Waals surface area contributed by atoms with Crippen molar-refractivity contribution in [1.29, 1.82) is 0 Å². The molecule has 6 nitrogen and oxygen atoms in total. The fourth-order valence-corrected chi connectivity index (χ4v) is 3.54. The van der Waals surface area contributed by atoms with Gasteiger partial charge in [0.25, 0.3) is 5.91 Å². The Labute approximate surface area is 164 Å². The van der Waals surface area contributed by atoms with Crippen molar-refractivity contribution in [2.75, 3.05) is 33.0 Å². The first-order chi connectivity index (χ1) is 13.6. The summed E-state index contributed by atoms with van der Waals surface area (Å²) in [4.78, 5) is 28.9. The van der Waals surface area contributed by atoms with E-state index in [-0.39, 0.29) is 18.6 Å². The molecule has 146 valence electrons. The molecule has 0 aromatic heterocycles. The highest BCUT2D eigenvalue weighted by molar-refractivity contribution is 5.95. The first-order valence-corrected chi connectivity index (χ1v) is 9.62. The van der Waals surface area contributed by atoms with E-state index in [1.54, 1.807) is 23.1 Å². The lowest BCUT2D eigenvalue weighted by atomic mass is 10.1. The van der Waals surface area contributed by atoms with E-state index in [1.165, 1.54) is 11.1 Å². The molecule has 1 fully saturated rings. The summed E-state index contributed by atoms with van der Waals surface area (Å²) in [5.74, 6) is 1.39. The van der Waals surface area contributed by atoms with E-state index in [4.69, 9.17) is 9.47 Å². The molecule has 2 heterocycles. The number of carbonyl (C=O) groups excluding carboxylic acids is 2. The summed E-state index contributed by atoms with van der Waals surface area (Å²) in [7, 11) is 0. The molecule has 0 atom stereocenters. The Hall–Kier alpha value is -3.02. The van der Waals surface area contributed by atoms with Gasteiger partial charge in [0.15, 0.2) is 11.5 Å². The third-order valence-electron chi connectivity index (χ3n) is 5.29. The fourth-order valence-electron chi connectivity index (χ4n) is 3.54. The average Bonchev–Trinajstić information content (AvgIpc) is 3.20. The lowest BCUT2D eigenvalue weighted by Gasteiger charge is -2.35. The second kappa shape index (κ2) is 7.92. The van der Waals surface area contributed by atoms with E-state index >= 15 is 0 Å². The average molecular weight is 380 g/mol. The van der Waals surface area contributed by atoms with Crippen LogP contribution in [-0.4, -0.2) is 54.6 Å². The summed E-state index contributed by atoms with van der Waals surface area (Å²) < 4.78 is 10.6. The Morgan fingerprint density at radius 3 is 2.32 bits per heavy atom. The first kappa shape index (κ1) is 18.3. The Morgan fingerprint density at radius 1 is 0.893 bits per heavy atom. The summed E-state index contributed by atoms with van der Waals surface area (Å²) in [6.45, 7) is 4.48. The van der Waals surface area contributed by atoms with Gasteiger partial charge in [-0.15, -0.1) is 0 Å². The minimum absolute atomic E-state index is 0.0370. The van der Waals surface area contributed by atoms with Crippen LogP contribution < -0.4 is 9.47 Å². The molecule has 0 unspecified atom stereocenters. The predicted molar refractivity (Wildman–Crippen MR) is 105 cm³/mol. The van der Waals surface area contributed by atoms with Crippen molar-refractivity contribution < 1.29 is 19.1 Å². The molecule has 6 heteroatoms. The van der Waals surface area contributed by atoms with Gasteiger partial charge in [-0.2, -0.15) is 0 Å². The van der Waals surface area contributed by atoms with Crippen LogP contribution in [0.5, 0.6) is 11.5 Å². The number of hydrogen-bond donors (Lipinski definition) is 0. The monoisotopic (exact) mass is 380 g/mol. The van der Waals surface area contributed by atoms with Crippen molar-refractivity contribution in [2.24, 2.45) is 0 Å². The number of amides is 2. The number of aryl methyl sites for hydroxylation is 2. The molecular weight excluding hydrogens is 356 g/mol. The zero-order chi connectivity index (χ0) is 19.5. The van der Waals surface area contributed by atoms with E-state index in [9.17, 15) is 9.59 Å². The standard InChI is InChI=1S/C22H24N2O4/c1-16-2-4-17(5-3-16)6-9-21(25)23-10-12-24(13-11-23)22(26)18-7-8-19-20(14-18)28-15-27-19/h2-5,7-8,14H,6,9-13,15H2,1H3. The van der Waals surface area contributed by atoms with E-state index in [1.807, 2.05) is 4.90 Å². The zero-order valence-corrected chi connectivity index (χ0v) is 16.0. The Kier molecular flexibility index (Phi) is 5.19. The van der Waals surface area contributed by atoms with Crippen LogP contribution in [0.15, 0.2) is 42.5 Å². The quantitative estimate of drug-likeness (QED) is 0.818. The van der Waals surface area contributed by atoms with E-state index in [0.717, 1.165) is 6.42 Å². The van der Waals surface area contributed by atoms with E-state index in [2.05, 4.69) is 31.2 Å². The Balaban J connectivity index is 1.28. The lowest BCUT2D eigenvalue weighted by molar-refractivity contribution is -0.132. The maximum atomic E-state index is 12.7. The van der Waals surface area contributed by atoms with Crippen molar-refractivity contribution in [3.63, 3.8) is 0 Å². The molecule has 0 bridgehead atoms. The van der Waals surface area contributed by atoms with Crippen LogP contribution in [0.25, 0.3) is 0 Å². The molecule has 2 aliphatic rings. The van der Waals surface area contributed by atoms with Crippen molar-refractivity contribution in [1.82, 2.24) is 9.80 Å². The molecule has 2 amide bonds. The summed E-state index contributed by atoms with van der Waals surface area (Å²) in [5.41, 5.74) is 2.98. The highest BCUT2D eigenvalue weighted by Crippen LogP contribution is 2.32. The van der Waals surface area contributed by atoms with E-state index < -0.39 is 0 Å². The molecule has 4 rings (SSSR count). The first-order valence-electron chi connectivity index (χ1n) is 9.62. The minimum Gasteiger partial charge on any atom is -0.454 e. The molecule has 2 aliphatic heterocycles. The van der Waals surface area contributed by atoms with Crippen LogP contribution in [0, 0.1) is 6.92 Å². The number of hydrogen-bond acceptors (Lipinski definition) is 4. The third-order valence-corrected chi connectivity index (χ3v) is 5.29. The van der Waals surface area contributed by atoms with Crippen molar-refractivity contribution >= 4 is 11.8 Å². The molecular formula is C22H24N2O4. The normalized spacial score (nSPS) is 15.6. The van der Waals surface area contributed by atoms with Crippen LogP contribution >= 0.6 is 0 Å². The molecule has 0 radical (unpaired) electrons. The number of piperazine rings is 1. The van der Waals surface area contributed by atoms with Crippen molar-refractivity contribution in [3.8, 4) is 11.5 Å². The van der Waals surface area contributed by atoms with Crippen LogP contribution in [0.1, 0.15) is 27.9 Å². The maximum Gasteiger partial charge on any atom is 0.254 e. The lowest BCUT2D eigenvalue weighted by Crippen LogP contribution is -2.50. The molecule has 0 spiro atoms. The van der Waals surface area contributed by atoms with Gasteiger partial charge in [0, 0.05) is 38.2 Å². The van der Waals surface area contributed by atoms with Gasteiger partial charge in [-0.3, -0.25) is 9.59 Å². The van der Waals surface area contributed by atoms with Gasteiger partial charge in [0.2, 0.25) is 12.7 Å². The number of benzene rings is 2. The van der Waals surface area contributed by atoms with Crippen molar-refractivity contribution in [2.45, 2.75) is 19.8 Å². The largest absolute Gasteiger partial charge is 0.454 e. The van der Waals surface area contributed by atoms with Gasteiger partial charge in [-0.1, -0.05) is 29.8 Å². The van der Waals surface area contributed by atoms with Gasteiger partial charge in [-0.25, -0.2) is 0 Å². The fraction of sp³-hybridized carbons (Fsp3) is 0.364. The van der Waals surface area contributed by atoms with Crippen LogP contribution in [0.2, 0.25) is 0 Å². The molecule has 0 N–H and O–H groups in total. The molecule has 2 aromatic carbocycles. The van der Waals surface area contributed by atoms with Crippen LogP contribution in [-0.2, 0) is 11.2 Å². The molecule has 0 saturated carbocycles. The van der Waals surface area contributed by atoms with Crippen LogP contribution in [0.3, 0.4) is 0 Å². The van der Waals surface area contributed by atoms with Gasteiger partial charge in [-0.05, 0) is 37.1 Å². The SMILES string of the molecule is Cc1ccc(CCC(=O)N2CCN(C(=O)c3ccc4c(c3)OCO4)CC2)cc1. The number of fused-ring (bicyclic) bond motifs is 1. The minimum atomic E-state index is -0.0370. The summed E-state index contributed by atoms with van der Waals surface area (Å²) >= 11 is 0. The van der Waals surface area contributed by atoms with Gasteiger partial charge >= 0.3 is 0 Å². The number of ether oxygens (including phenoxy) is 2. The summed E-state index contributed by atoms with van der Waals surface area (Å²) in [6, 6.07) is 13.5. The molecule has 2 aromatic rings. The predicted octanol–water partition coefficient (Wildman–Crippen LogP) is 2.64. The molecule has 28 heavy (non-hydrogen) atoms. The van der Waals surface area contributed by atoms with E-state index in [0.29, 0.717) is 49.7 Å². The summed E-state index contributed by atoms with van der Waals surface area (Å²) in [6.07, 6.45) is 1.24. The molecule has 0 aliphatic carbocycles. The third kappa shape index (κ3) is 3.96. The zero-order valence-electron chi connectivity index (χ0n) is 16.0. The van der Waals surface area contributed by atoms with Gasteiger partial charge < -0.3 is 19.3 Å². The van der Waals surface area contributed by atoms with Crippen molar-refractivity contribution in [3.05, 3.63) is 59.2 Å². The number of nitrogens with zero attached hydrogens (tertiary/aromatic N) is 2. The van der Waals surface area contributed by atoms with Gasteiger partial charge in [0.1, 0.15) is 0 Å². The topological polar surface area (TPSA) is 59.1 Å². The summed E-state index contributed by atoms with van der Waals surface area (Å²) in [5, 5.41) is 0. The van der Waals surface area contributed by atoms with Gasteiger partial charge in [0.05, 0.1) is 0 Å². The second-order valence-electron chi connectivity index (χ2n) is 7.23. The Bertz CT molecular complexity index is 871. The van der Waals surface area contributed by atoms with Crippen LogP contribution in [0.4, 0.5) is 0 Å². The second-order valence-corrected chi connectivity index (χ2v) is 7.23. The smallest absolute Gasteiger partial charge is 0.254 e. The highest BCUT2D eigenvalue weighted by atomic mass is 16.7. The number of rotatable bonds is 4. The highest BCUT2D eigenvalue weighted by Gasteiger charge is 2.26. The maximum absolute atomic E-state index is 12.7. The molecule has 1 saturated heterocycles.